The average molecular weight is 457 g/mol. The molecule has 0 aliphatic heterocycles. The number of aromatic carboxylic acids is 1. The van der Waals surface area contributed by atoms with Gasteiger partial charge in [0.15, 0.2) is 0 Å². The number of aromatic nitrogens is 6. The minimum absolute atomic E-state index is 0.226. The van der Waals surface area contributed by atoms with Crippen molar-refractivity contribution >= 4 is 28.8 Å². The van der Waals surface area contributed by atoms with Crippen molar-refractivity contribution in [2.45, 2.75) is 18.7 Å². The van der Waals surface area contributed by atoms with Crippen LogP contribution in [0.2, 0.25) is 0 Å². The topological polar surface area (TPSA) is 110 Å². The van der Waals surface area contributed by atoms with Crippen molar-refractivity contribution in [3.05, 3.63) is 72.1 Å². The van der Waals surface area contributed by atoms with Crippen LogP contribution in [-0.4, -0.2) is 47.0 Å². The Morgan fingerprint density at radius 1 is 1.06 bits per heavy atom. The highest BCUT2D eigenvalue weighted by Crippen LogP contribution is 2.38. The van der Waals surface area contributed by atoms with Gasteiger partial charge in [0.2, 0.25) is 5.82 Å². The summed E-state index contributed by atoms with van der Waals surface area (Å²) in [5.74, 6) is 1.16. The molecule has 2 N–H and O–H groups in total. The number of tetrazole rings is 1. The number of hydrogen-bond donors (Lipinski definition) is 2. The maximum Gasteiger partial charge on any atom is 0.337 e. The van der Waals surface area contributed by atoms with Crippen molar-refractivity contribution in [2.75, 3.05) is 5.75 Å². The van der Waals surface area contributed by atoms with E-state index in [4.69, 9.17) is 0 Å². The fourth-order valence-electron chi connectivity index (χ4n) is 4.07. The quantitative estimate of drug-likeness (QED) is 0.346. The lowest BCUT2D eigenvalue weighted by atomic mass is 9.99. The van der Waals surface area contributed by atoms with Gasteiger partial charge in [-0.05, 0) is 53.3 Å². The highest BCUT2D eigenvalue weighted by molar-refractivity contribution is 7.99. The molecule has 33 heavy (non-hydrogen) atoms. The molecule has 0 fully saturated rings. The average Bonchev–Trinajstić information content (AvgIpc) is 3.46. The second kappa shape index (κ2) is 8.51. The Balaban J connectivity index is 1.72. The molecule has 0 spiro atoms. The number of carboxylic acids is 1. The van der Waals surface area contributed by atoms with Crippen molar-refractivity contribution in [2.24, 2.45) is 0 Å². The Bertz CT molecular complexity index is 1480. The molecule has 0 unspecified atom stereocenters. The molecule has 0 aliphatic rings. The number of carbonyl (C=O) groups is 1. The number of nitrogens with one attached hydrogen (secondary N) is 1. The van der Waals surface area contributed by atoms with Crippen molar-refractivity contribution in [3.63, 3.8) is 0 Å². The van der Waals surface area contributed by atoms with Crippen LogP contribution in [0.5, 0.6) is 0 Å². The van der Waals surface area contributed by atoms with Gasteiger partial charge in [-0.15, -0.1) is 22.0 Å². The minimum atomic E-state index is -0.976. The Hall–Kier alpha value is -3.98. The normalized spacial score (nSPS) is 11.2. The number of para-hydroxylation sites is 1. The number of fused-ring (bicyclic) bond motifs is 1. The maximum absolute atomic E-state index is 11.9. The zero-order chi connectivity index (χ0) is 22.9. The van der Waals surface area contributed by atoms with Crippen LogP contribution >= 0.6 is 11.8 Å². The summed E-state index contributed by atoms with van der Waals surface area (Å²) in [6.45, 7) is 3.99. The van der Waals surface area contributed by atoms with Crippen LogP contribution in [-0.2, 0) is 0 Å². The molecular weight excluding hydrogens is 436 g/mol. The minimum Gasteiger partial charge on any atom is -0.478 e. The Morgan fingerprint density at radius 3 is 2.61 bits per heavy atom. The van der Waals surface area contributed by atoms with E-state index in [1.165, 1.54) is 0 Å². The van der Waals surface area contributed by atoms with E-state index in [-0.39, 0.29) is 5.56 Å². The van der Waals surface area contributed by atoms with Gasteiger partial charge < -0.3 is 5.11 Å². The number of carboxylic acid groups (broad SMARTS) is 1. The molecule has 2 aromatic heterocycles. The van der Waals surface area contributed by atoms with Gasteiger partial charge >= 0.3 is 5.97 Å². The molecule has 9 heteroatoms. The van der Waals surface area contributed by atoms with E-state index in [9.17, 15) is 9.90 Å². The van der Waals surface area contributed by atoms with Crippen LogP contribution in [0.3, 0.4) is 0 Å². The Labute approximate surface area is 193 Å². The molecule has 0 bridgehead atoms. The predicted molar refractivity (Wildman–Crippen MR) is 128 cm³/mol. The van der Waals surface area contributed by atoms with Gasteiger partial charge in [-0.1, -0.05) is 43.3 Å². The molecule has 3 aromatic carbocycles. The summed E-state index contributed by atoms with van der Waals surface area (Å²) in [4.78, 5) is 17.6. The van der Waals surface area contributed by atoms with Crippen LogP contribution in [0.15, 0.2) is 65.6 Å². The first-order valence-corrected chi connectivity index (χ1v) is 11.4. The maximum atomic E-state index is 11.9. The third-order valence-corrected chi connectivity index (χ3v) is 6.34. The molecule has 0 saturated carbocycles. The molecule has 0 saturated heterocycles. The van der Waals surface area contributed by atoms with E-state index in [1.807, 2.05) is 47.9 Å². The molecule has 0 atom stereocenters. The first kappa shape index (κ1) is 20.9. The Morgan fingerprint density at radius 2 is 1.88 bits per heavy atom. The Kier molecular flexibility index (Phi) is 5.39. The zero-order valence-corrected chi connectivity index (χ0v) is 18.8. The summed E-state index contributed by atoms with van der Waals surface area (Å²) < 4.78 is 1.91. The number of rotatable bonds is 6. The van der Waals surface area contributed by atoms with Crippen LogP contribution in [0, 0.1) is 6.92 Å². The van der Waals surface area contributed by atoms with E-state index < -0.39 is 5.97 Å². The van der Waals surface area contributed by atoms with E-state index in [0.717, 1.165) is 38.9 Å². The number of thioether (sulfide) groups is 1. The smallest absolute Gasteiger partial charge is 0.337 e. The van der Waals surface area contributed by atoms with Gasteiger partial charge in [-0.3, -0.25) is 4.57 Å². The second-order valence-corrected chi connectivity index (χ2v) is 8.67. The third kappa shape index (κ3) is 3.66. The molecule has 8 nitrogen and oxygen atoms in total. The number of aromatic amines is 1. The number of H-pyrrole nitrogens is 1. The molecule has 0 aliphatic carbocycles. The lowest BCUT2D eigenvalue weighted by Crippen LogP contribution is -2.04. The van der Waals surface area contributed by atoms with Gasteiger partial charge in [0, 0.05) is 16.1 Å². The molecule has 0 radical (unpaired) electrons. The van der Waals surface area contributed by atoms with Gasteiger partial charge in [0.1, 0.15) is 5.82 Å². The van der Waals surface area contributed by atoms with Gasteiger partial charge in [0.25, 0.3) is 0 Å². The molecular formula is C24H20N6O2S. The van der Waals surface area contributed by atoms with Crippen molar-refractivity contribution in [1.82, 2.24) is 30.2 Å². The standard InChI is InChI=1S/C24H20N6O2S/c1-3-33-21-13-15(30-14(2)25-20-10-6-9-19(22(20)30)24(31)32)11-12-17(21)16-7-4-5-8-18(16)23-26-28-29-27-23/h4-13H,3H2,1-2H3,(H,31,32)(H,26,27,28,29). The van der Waals surface area contributed by atoms with Crippen LogP contribution in [0.1, 0.15) is 23.1 Å². The summed E-state index contributed by atoms with van der Waals surface area (Å²) >= 11 is 1.72. The molecule has 5 rings (SSSR count). The second-order valence-electron chi connectivity index (χ2n) is 7.37. The number of imidazole rings is 1. The molecule has 0 amide bonds. The summed E-state index contributed by atoms with van der Waals surface area (Å²) in [5.41, 5.74) is 5.27. The summed E-state index contributed by atoms with van der Waals surface area (Å²) in [6, 6.07) is 19.3. The van der Waals surface area contributed by atoms with Gasteiger partial charge in [-0.2, -0.15) is 5.21 Å². The zero-order valence-electron chi connectivity index (χ0n) is 18.0. The van der Waals surface area contributed by atoms with Crippen molar-refractivity contribution < 1.29 is 9.90 Å². The largest absolute Gasteiger partial charge is 0.478 e. The highest BCUT2D eigenvalue weighted by atomic mass is 32.2. The highest BCUT2D eigenvalue weighted by Gasteiger charge is 2.19. The van der Waals surface area contributed by atoms with Crippen LogP contribution in [0.25, 0.3) is 39.2 Å². The van der Waals surface area contributed by atoms with Crippen LogP contribution < -0.4 is 0 Å². The summed E-state index contributed by atoms with van der Waals surface area (Å²) in [7, 11) is 0. The molecule has 5 aromatic rings. The number of nitrogens with zero attached hydrogens (tertiary/aromatic N) is 5. The first-order valence-electron chi connectivity index (χ1n) is 10.4. The van der Waals surface area contributed by atoms with E-state index in [2.05, 4.69) is 44.7 Å². The summed E-state index contributed by atoms with van der Waals surface area (Å²) in [5, 5.41) is 24.3. The van der Waals surface area contributed by atoms with Crippen LogP contribution in [0.4, 0.5) is 0 Å². The van der Waals surface area contributed by atoms with E-state index >= 15 is 0 Å². The fraction of sp³-hybridized carbons (Fsp3) is 0.125. The fourth-order valence-corrected chi connectivity index (χ4v) is 4.92. The lowest BCUT2D eigenvalue weighted by Gasteiger charge is -2.15. The molecule has 2 heterocycles. The van der Waals surface area contributed by atoms with Gasteiger partial charge in [-0.25, -0.2) is 9.78 Å². The van der Waals surface area contributed by atoms with Crippen molar-refractivity contribution in [3.8, 4) is 28.2 Å². The van der Waals surface area contributed by atoms with Crippen molar-refractivity contribution in [1.29, 1.82) is 0 Å². The van der Waals surface area contributed by atoms with E-state index in [0.29, 0.717) is 16.9 Å². The summed E-state index contributed by atoms with van der Waals surface area (Å²) in [6.07, 6.45) is 0. The third-order valence-electron chi connectivity index (χ3n) is 5.40. The first-order chi connectivity index (χ1) is 16.1. The number of benzene rings is 3. The van der Waals surface area contributed by atoms with Gasteiger partial charge in [0.05, 0.1) is 16.6 Å². The number of hydrogen-bond acceptors (Lipinski definition) is 6. The SMILES string of the molecule is CCSc1cc(-n2c(C)nc3cccc(C(=O)O)c32)ccc1-c1ccccc1-c1nn[nH]n1. The number of aryl methyl sites for hydroxylation is 1. The predicted octanol–water partition coefficient (Wildman–Crippen LogP) is 4.99. The van der Waals surface area contributed by atoms with E-state index in [1.54, 1.807) is 23.9 Å². The monoisotopic (exact) mass is 456 g/mol. The lowest BCUT2D eigenvalue weighted by molar-refractivity contribution is 0.0698. The molecule has 164 valence electrons.